The molecule has 2 heterocycles. The van der Waals surface area contributed by atoms with Crippen molar-refractivity contribution in [1.82, 2.24) is 4.90 Å². The molecule has 0 spiro atoms. The van der Waals surface area contributed by atoms with Crippen molar-refractivity contribution in [2.24, 2.45) is 4.99 Å². The van der Waals surface area contributed by atoms with Gasteiger partial charge in [0.2, 0.25) is 5.72 Å². The highest BCUT2D eigenvalue weighted by Gasteiger charge is 2.51. The maximum atomic E-state index is 12.9. The molecule has 1 saturated heterocycles. The molecule has 154 valence electrons. The van der Waals surface area contributed by atoms with E-state index in [-0.39, 0.29) is 5.56 Å². The monoisotopic (exact) mass is 432 g/mol. The average molecular weight is 432 g/mol. The van der Waals surface area contributed by atoms with Gasteiger partial charge < -0.3 is 10.0 Å². The Labute approximate surface area is 166 Å². The molecule has 2 unspecified atom stereocenters. The number of aliphatic hydroxyl groups is 1. The average Bonchev–Trinajstić information content (AvgIpc) is 3.19. The van der Waals surface area contributed by atoms with Crippen molar-refractivity contribution in [1.29, 1.82) is 0 Å². The van der Waals surface area contributed by atoms with Gasteiger partial charge in [-0.2, -0.15) is 26.3 Å². The van der Waals surface area contributed by atoms with Gasteiger partial charge in [0.05, 0.1) is 11.1 Å². The highest BCUT2D eigenvalue weighted by Crippen LogP contribution is 2.49. The Morgan fingerprint density at radius 1 is 0.897 bits per heavy atom. The van der Waals surface area contributed by atoms with Crippen LogP contribution in [0.1, 0.15) is 28.3 Å². The molecule has 0 aliphatic carbocycles. The zero-order valence-corrected chi connectivity index (χ0v) is 15.4. The number of halogens is 6. The van der Waals surface area contributed by atoms with Gasteiger partial charge in [0.15, 0.2) is 5.17 Å². The highest BCUT2D eigenvalue weighted by molar-refractivity contribution is 8.14. The lowest BCUT2D eigenvalue weighted by Crippen LogP contribution is -2.37. The molecule has 2 aliphatic rings. The number of amidine groups is 1. The van der Waals surface area contributed by atoms with Crippen molar-refractivity contribution in [3.05, 3.63) is 70.8 Å². The lowest BCUT2D eigenvalue weighted by atomic mass is 9.89. The SMILES string of the molecule is OC1(c2ccc(C(F)(F)F)cc2)N=C2SCCN2C1c1ccc(C(F)(F)F)cc1. The summed E-state index contributed by atoms with van der Waals surface area (Å²) in [6.45, 7) is 0.512. The molecule has 3 nitrogen and oxygen atoms in total. The summed E-state index contributed by atoms with van der Waals surface area (Å²) in [5.41, 5.74) is -3.07. The second-order valence-corrected chi connectivity index (χ2v) is 7.82. The van der Waals surface area contributed by atoms with E-state index in [0.717, 1.165) is 36.4 Å². The summed E-state index contributed by atoms with van der Waals surface area (Å²) >= 11 is 1.38. The fourth-order valence-corrected chi connectivity index (χ4v) is 4.60. The normalized spacial score (nSPS) is 24.6. The van der Waals surface area contributed by atoms with Gasteiger partial charge in [-0.25, -0.2) is 4.99 Å². The van der Waals surface area contributed by atoms with Crippen LogP contribution in [-0.2, 0) is 18.1 Å². The molecule has 0 amide bonds. The van der Waals surface area contributed by atoms with Gasteiger partial charge in [0.25, 0.3) is 0 Å². The van der Waals surface area contributed by atoms with Crippen molar-refractivity contribution in [3.8, 4) is 0 Å². The minimum absolute atomic E-state index is 0.137. The molecule has 29 heavy (non-hydrogen) atoms. The van der Waals surface area contributed by atoms with E-state index in [1.54, 1.807) is 4.90 Å². The Kier molecular flexibility index (Phi) is 4.62. The largest absolute Gasteiger partial charge is 0.416 e. The summed E-state index contributed by atoms with van der Waals surface area (Å²) in [5, 5.41) is 11.9. The van der Waals surface area contributed by atoms with Crippen molar-refractivity contribution in [2.75, 3.05) is 12.3 Å². The Morgan fingerprint density at radius 2 is 1.41 bits per heavy atom. The molecule has 10 heteroatoms. The minimum Gasteiger partial charge on any atom is -0.364 e. The summed E-state index contributed by atoms with van der Waals surface area (Å²) in [6.07, 6.45) is -9.02. The van der Waals surface area contributed by atoms with Gasteiger partial charge in [0.1, 0.15) is 6.04 Å². The number of rotatable bonds is 2. The third kappa shape index (κ3) is 3.48. The molecule has 0 aromatic heterocycles. The summed E-state index contributed by atoms with van der Waals surface area (Å²) < 4.78 is 77.2. The first kappa shape index (κ1) is 20.1. The van der Waals surface area contributed by atoms with Crippen LogP contribution in [-0.4, -0.2) is 27.5 Å². The lowest BCUT2D eigenvalue weighted by Gasteiger charge is -2.33. The number of hydrogen-bond donors (Lipinski definition) is 1. The van der Waals surface area contributed by atoms with Gasteiger partial charge in [-0.05, 0) is 29.8 Å². The number of fused-ring (bicyclic) bond motifs is 1. The standard InChI is InChI=1S/C19H14F6N2OS/c20-18(21,22)13-3-1-11(2-4-13)15-17(28,26-16-27(15)9-10-29-16)12-5-7-14(8-6-12)19(23,24)25/h1-8,15,28H,9-10H2. The van der Waals surface area contributed by atoms with Crippen molar-refractivity contribution in [2.45, 2.75) is 24.1 Å². The first-order chi connectivity index (χ1) is 13.5. The summed E-state index contributed by atoms with van der Waals surface area (Å²) in [4.78, 5) is 6.10. The van der Waals surface area contributed by atoms with E-state index in [9.17, 15) is 31.4 Å². The molecule has 4 rings (SSSR count). The minimum atomic E-state index is -4.52. The second-order valence-electron chi connectivity index (χ2n) is 6.76. The number of thioether (sulfide) groups is 1. The zero-order chi connectivity index (χ0) is 21.0. The molecule has 2 aromatic carbocycles. The van der Waals surface area contributed by atoms with Gasteiger partial charge in [0, 0.05) is 17.9 Å². The fourth-order valence-electron chi connectivity index (χ4n) is 3.57. The molecule has 2 atom stereocenters. The number of nitrogens with zero attached hydrogens (tertiary/aromatic N) is 2. The zero-order valence-electron chi connectivity index (χ0n) is 14.6. The van der Waals surface area contributed by atoms with Crippen LogP contribution < -0.4 is 0 Å². The predicted octanol–water partition coefficient (Wildman–Crippen LogP) is 5.03. The van der Waals surface area contributed by atoms with E-state index in [1.807, 2.05) is 0 Å². The van der Waals surface area contributed by atoms with Gasteiger partial charge in [-0.3, -0.25) is 0 Å². The van der Waals surface area contributed by atoms with Crippen LogP contribution in [0.3, 0.4) is 0 Å². The number of benzene rings is 2. The first-order valence-electron chi connectivity index (χ1n) is 8.57. The molecule has 1 fully saturated rings. The molecule has 2 aromatic rings. The smallest absolute Gasteiger partial charge is 0.364 e. The van der Waals surface area contributed by atoms with Crippen LogP contribution in [0.2, 0.25) is 0 Å². The van der Waals surface area contributed by atoms with Crippen molar-refractivity contribution >= 4 is 16.9 Å². The predicted molar refractivity (Wildman–Crippen MR) is 96.1 cm³/mol. The van der Waals surface area contributed by atoms with Crippen LogP contribution in [0, 0.1) is 0 Å². The van der Waals surface area contributed by atoms with E-state index >= 15 is 0 Å². The van der Waals surface area contributed by atoms with Gasteiger partial charge in [-0.15, -0.1) is 0 Å². The van der Waals surface area contributed by atoms with Gasteiger partial charge >= 0.3 is 12.4 Å². The highest BCUT2D eigenvalue weighted by atomic mass is 32.2. The number of aliphatic imine (C=N–C) groups is 1. The van der Waals surface area contributed by atoms with Gasteiger partial charge in [-0.1, -0.05) is 36.0 Å². The maximum Gasteiger partial charge on any atom is 0.416 e. The summed E-state index contributed by atoms with van der Waals surface area (Å²) in [7, 11) is 0. The second kappa shape index (κ2) is 6.66. The topological polar surface area (TPSA) is 35.8 Å². The van der Waals surface area contributed by atoms with E-state index < -0.39 is 35.2 Å². The molecule has 2 aliphatic heterocycles. The molecular weight excluding hydrogens is 418 g/mol. The molecule has 1 N–H and O–H groups in total. The van der Waals surface area contributed by atoms with E-state index in [1.165, 1.54) is 23.9 Å². The molecule has 0 saturated carbocycles. The maximum absolute atomic E-state index is 12.9. The Balaban J connectivity index is 1.75. The quantitative estimate of drug-likeness (QED) is 0.677. The number of hydrogen-bond acceptors (Lipinski definition) is 4. The summed E-state index contributed by atoms with van der Waals surface area (Å²) in [6, 6.07) is 7.54. The molecule has 0 bridgehead atoms. The van der Waals surface area contributed by atoms with Crippen LogP contribution in [0.4, 0.5) is 26.3 Å². The Bertz CT molecular complexity index is 939. The van der Waals surface area contributed by atoms with E-state index in [2.05, 4.69) is 4.99 Å². The van der Waals surface area contributed by atoms with Crippen molar-refractivity contribution in [3.63, 3.8) is 0 Å². The Hall–Kier alpha value is -2.20. The molecule has 0 radical (unpaired) electrons. The third-order valence-electron chi connectivity index (χ3n) is 4.96. The fraction of sp³-hybridized carbons (Fsp3) is 0.316. The van der Waals surface area contributed by atoms with E-state index in [0.29, 0.717) is 23.0 Å². The first-order valence-corrected chi connectivity index (χ1v) is 9.55. The van der Waals surface area contributed by atoms with Crippen LogP contribution in [0.25, 0.3) is 0 Å². The van der Waals surface area contributed by atoms with Crippen LogP contribution in [0.15, 0.2) is 53.5 Å². The molecular formula is C19H14F6N2OS. The number of alkyl halides is 6. The van der Waals surface area contributed by atoms with Crippen molar-refractivity contribution < 1.29 is 31.4 Å². The third-order valence-corrected chi connectivity index (χ3v) is 5.93. The van der Waals surface area contributed by atoms with Crippen LogP contribution >= 0.6 is 11.8 Å². The van der Waals surface area contributed by atoms with E-state index in [4.69, 9.17) is 0 Å². The Morgan fingerprint density at radius 3 is 1.93 bits per heavy atom. The van der Waals surface area contributed by atoms with Crippen LogP contribution in [0.5, 0.6) is 0 Å². The summed E-state index contributed by atoms with van der Waals surface area (Å²) in [5.74, 6) is 0.694. The lowest BCUT2D eigenvalue weighted by molar-refractivity contribution is -0.138.